The number of aliphatic hydroxyl groups excluding tert-OH is 1. The Morgan fingerprint density at radius 1 is 1.16 bits per heavy atom. The van der Waals surface area contributed by atoms with Gasteiger partial charge in [-0.1, -0.05) is 18.2 Å². The Hall–Kier alpha value is -2.86. The van der Waals surface area contributed by atoms with Gasteiger partial charge in [0.15, 0.2) is 11.5 Å². The van der Waals surface area contributed by atoms with Crippen LogP contribution in [0, 0.1) is 0 Å². The number of benzodiazepines with no additional fused rings is 1. The molecule has 1 aliphatic rings. The second kappa shape index (κ2) is 6.94. The van der Waals surface area contributed by atoms with Crippen LogP contribution in [0.5, 0.6) is 11.5 Å². The summed E-state index contributed by atoms with van der Waals surface area (Å²) in [5.41, 5.74) is 3.78. The third-order valence-electron chi connectivity index (χ3n) is 4.25. The first kappa shape index (κ1) is 17.0. The molecule has 0 radical (unpaired) electrons. The monoisotopic (exact) mass is 340 g/mol. The summed E-state index contributed by atoms with van der Waals surface area (Å²) in [7, 11) is 4.84. The van der Waals surface area contributed by atoms with Gasteiger partial charge in [-0.25, -0.2) is 0 Å². The van der Waals surface area contributed by atoms with Gasteiger partial charge in [0.25, 0.3) is 0 Å². The summed E-state index contributed by atoms with van der Waals surface area (Å²) in [6.45, 7) is -0.00671. The van der Waals surface area contributed by atoms with Gasteiger partial charge in [-0.2, -0.15) is 0 Å². The Bertz CT molecular complexity index is 845. The normalized spacial score (nSPS) is 13.8. The van der Waals surface area contributed by atoms with Crippen molar-refractivity contribution in [1.29, 1.82) is 0 Å². The molecule has 3 rings (SSSR count). The number of fused-ring (bicyclic) bond motifs is 1. The van der Waals surface area contributed by atoms with Gasteiger partial charge in [-0.05, 0) is 17.7 Å². The Kier molecular flexibility index (Phi) is 4.72. The number of likely N-dealkylation sites (N-methyl/N-ethyl adjacent to an activating group) is 1. The first-order valence-electron chi connectivity index (χ1n) is 7.86. The smallest absolute Gasteiger partial charge is 0.248 e. The van der Waals surface area contributed by atoms with Crippen LogP contribution in [-0.4, -0.2) is 44.5 Å². The fourth-order valence-corrected chi connectivity index (χ4v) is 2.87. The molecule has 0 saturated carbocycles. The number of carbonyl (C=O) groups is 1. The lowest BCUT2D eigenvalue weighted by atomic mass is 9.98. The zero-order chi connectivity index (χ0) is 18.0. The maximum Gasteiger partial charge on any atom is 0.248 e. The molecular formula is C19H20N2O4. The van der Waals surface area contributed by atoms with E-state index in [1.807, 2.05) is 30.3 Å². The number of benzene rings is 2. The molecule has 2 aromatic carbocycles. The number of rotatable bonds is 4. The van der Waals surface area contributed by atoms with E-state index in [1.54, 1.807) is 32.2 Å². The highest BCUT2D eigenvalue weighted by Crippen LogP contribution is 2.37. The van der Waals surface area contributed by atoms with E-state index in [-0.39, 0.29) is 19.1 Å². The fraction of sp³-hybridized carbons (Fsp3) is 0.263. The Morgan fingerprint density at radius 3 is 2.56 bits per heavy atom. The van der Waals surface area contributed by atoms with Crippen molar-refractivity contribution in [2.75, 3.05) is 32.7 Å². The highest BCUT2D eigenvalue weighted by molar-refractivity contribution is 6.20. The minimum absolute atomic E-state index is 0.0501. The lowest BCUT2D eigenvalue weighted by Gasteiger charge is -2.20. The van der Waals surface area contributed by atoms with Crippen LogP contribution in [0.2, 0.25) is 0 Å². The molecular weight excluding hydrogens is 320 g/mol. The molecule has 1 heterocycles. The first-order valence-corrected chi connectivity index (χ1v) is 7.86. The fourth-order valence-electron chi connectivity index (χ4n) is 2.87. The SMILES string of the molecule is COc1cc2c(cc1OC)N(C)C(=O)CN=C2c1cccc(CO)c1. The molecule has 2 aromatic rings. The first-order chi connectivity index (χ1) is 12.1. The van der Waals surface area contributed by atoms with Crippen LogP contribution >= 0.6 is 0 Å². The van der Waals surface area contributed by atoms with E-state index in [2.05, 4.69) is 4.99 Å². The molecule has 0 aliphatic carbocycles. The van der Waals surface area contributed by atoms with Crippen LogP contribution in [0.4, 0.5) is 5.69 Å². The number of amides is 1. The van der Waals surface area contributed by atoms with Crippen molar-refractivity contribution in [1.82, 2.24) is 0 Å². The van der Waals surface area contributed by atoms with Crippen molar-refractivity contribution in [2.24, 2.45) is 4.99 Å². The summed E-state index contributed by atoms with van der Waals surface area (Å²) in [5, 5.41) is 9.41. The molecule has 0 atom stereocenters. The highest BCUT2D eigenvalue weighted by Gasteiger charge is 2.25. The van der Waals surface area contributed by atoms with Gasteiger partial charge in [0.2, 0.25) is 5.91 Å². The Balaban J connectivity index is 2.24. The molecule has 25 heavy (non-hydrogen) atoms. The number of hydrogen-bond donors (Lipinski definition) is 1. The molecule has 6 heteroatoms. The molecule has 1 N–H and O–H groups in total. The van der Waals surface area contributed by atoms with Crippen LogP contribution in [0.15, 0.2) is 41.4 Å². The van der Waals surface area contributed by atoms with E-state index >= 15 is 0 Å². The third kappa shape index (κ3) is 3.08. The van der Waals surface area contributed by atoms with Crippen molar-refractivity contribution < 1.29 is 19.4 Å². The minimum atomic E-state index is -0.109. The van der Waals surface area contributed by atoms with Crippen molar-refractivity contribution in [2.45, 2.75) is 6.61 Å². The number of carbonyl (C=O) groups excluding carboxylic acids is 1. The molecule has 1 aliphatic heterocycles. The predicted octanol–water partition coefficient (Wildman–Crippen LogP) is 2.01. The van der Waals surface area contributed by atoms with Crippen LogP contribution in [-0.2, 0) is 11.4 Å². The van der Waals surface area contributed by atoms with Gasteiger partial charge in [0.05, 0.1) is 32.2 Å². The van der Waals surface area contributed by atoms with Crippen molar-refractivity contribution in [3.05, 3.63) is 53.1 Å². The van der Waals surface area contributed by atoms with Crippen LogP contribution in [0.25, 0.3) is 0 Å². The lowest BCUT2D eigenvalue weighted by Crippen LogP contribution is -2.27. The van der Waals surface area contributed by atoms with Crippen LogP contribution in [0.3, 0.4) is 0 Å². The molecule has 6 nitrogen and oxygen atoms in total. The second-order valence-electron chi connectivity index (χ2n) is 5.70. The summed E-state index contributed by atoms with van der Waals surface area (Å²) in [4.78, 5) is 18.4. The summed E-state index contributed by atoms with van der Waals surface area (Å²) in [6.07, 6.45) is 0. The number of aliphatic hydroxyl groups is 1. The van der Waals surface area contributed by atoms with Crippen molar-refractivity contribution in [3.8, 4) is 11.5 Å². The zero-order valence-electron chi connectivity index (χ0n) is 14.4. The van der Waals surface area contributed by atoms with E-state index in [0.29, 0.717) is 22.9 Å². The maximum absolute atomic E-state index is 12.3. The average molecular weight is 340 g/mol. The second-order valence-corrected chi connectivity index (χ2v) is 5.70. The largest absolute Gasteiger partial charge is 0.493 e. The summed E-state index contributed by atoms with van der Waals surface area (Å²) >= 11 is 0. The summed E-state index contributed by atoms with van der Waals surface area (Å²) < 4.78 is 10.8. The van der Waals surface area contributed by atoms with E-state index in [1.165, 1.54) is 0 Å². The number of ether oxygens (including phenoxy) is 2. The van der Waals surface area contributed by atoms with Crippen molar-refractivity contribution in [3.63, 3.8) is 0 Å². The molecule has 0 fully saturated rings. The Morgan fingerprint density at radius 2 is 1.88 bits per heavy atom. The maximum atomic E-state index is 12.3. The number of aliphatic imine (C=N–C) groups is 1. The third-order valence-corrected chi connectivity index (χ3v) is 4.25. The minimum Gasteiger partial charge on any atom is -0.493 e. The van der Waals surface area contributed by atoms with Gasteiger partial charge in [0, 0.05) is 24.2 Å². The average Bonchev–Trinajstić information content (AvgIpc) is 2.77. The zero-order valence-corrected chi connectivity index (χ0v) is 14.4. The number of nitrogens with zero attached hydrogens (tertiary/aromatic N) is 2. The highest BCUT2D eigenvalue weighted by atomic mass is 16.5. The molecule has 0 aromatic heterocycles. The van der Waals surface area contributed by atoms with Gasteiger partial charge in [-0.15, -0.1) is 0 Å². The topological polar surface area (TPSA) is 71.4 Å². The summed E-state index contributed by atoms with van der Waals surface area (Å²) in [6, 6.07) is 11.1. The number of methoxy groups -OCH3 is 2. The number of anilines is 1. The standard InChI is InChI=1S/C19H20N2O4/c1-21-15-9-17(25-3)16(24-2)8-14(15)19(20-10-18(21)23)13-6-4-5-12(7-13)11-22/h4-9,22H,10-11H2,1-3H3. The van der Waals surface area contributed by atoms with Crippen molar-refractivity contribution >= 4 is 17.3 Å². The molecule has 0 bridgehead atoms. The predicted molar refractivity (Wildman–Crippen MR) is 95.8 cm³/mol. The number of hydrogen-bond acceptors (Lipinski definition) is 5. The molecule has 130 valence electrons. The van der Waals surface area contributed by atoms with Gasteiger partial charge in [-0.3, -0.25) is 9.79 Å². The molecule has 0 spiro atoms. The van der Waals surface area contributed by atoms with Crippen LogP contribution in [0.1, 0.15) is 16.7 Å². The van der Waals surface area contributed by atoms with Gasteiger partial charge in [0.1, 0.15) is 6.54 Å². The van der Waals surface area contributed by atoms with E-state index in [4.69, 9.17) is 9.47 Å². The van der Waals surface area contributed by atoms with Gasteiger partial charge < -0.3 is 19.5 Å². The quantitative estimate of drug-likeness (QED) is 0.924. The Labute approximate surface area is 146 Å². The molecule has 1 amide bonds. The van der Waals surface area contributed by atoms with E-state index in [9.17, 15) is 9.90 Å². The van der Waals surface area contributed by atoms with E-state index < -0.39 is 0 Å². The molecule has 0 unspecified atom stereocenters. The van der Waals surface area contributed by atoms with E-state index in [0.717, 1.165) is 16.7 Å². The molecule has 0 saturated heterocycles. The van der Waals surface area contributed by atoms with Crippen LogP contribution < -0.4 is 14.4 Å². The lowest BCUT2D eigenvalue weighted by molar-refractivity contribution is -0.116. The summed E-state index contributed by atoms with van der Waals surface area (Å²) in [5.74, 6) is 1.00. The van der Waals surface area contributed by atoms with Gasteiger partial charge >= 0.3 is 0 Å².